The summed E-state index contributed by atoms with van der Waals surface area (Å²) < 4.78 is 26.1. The number of nitrogens with two attached hydrogens (primary N) is 1. The molecule has 0 aliphatic heterocycles. The topological polar surface area (TPSA) is 51.8 Å². The minimum atomic E-state index is -0.852. The van der Waals surface area contributed by atoms with Crippen LogP contribution in [0.4, 0.5) is 8.78 Å². The fourth-order valence-corrected chi connectivity index (χ4v) is 2.16. The molecule has 2 aromatic rings. The molecule has 0 fully saturated rings. The molecule has 1 atom stereocenters. The van der Waals surface area contributed by atoms with Crippen LogP contribution in [0.5, 0.6) is 0 Å². The highest BCUT2D eigenvalue weighted by atomic mass is 19.2. The molecular formula is C15H17F2N3. The summed E-state index contributed by atoms with van der Waals surface area (Å²) in [6.45, 7) is 3.83. The van der Waals surface area contributed by atoms with Crippen LogP contribution in [0.2, 0.25) is 0 Å². The first-order chi connectivity index (χ1) is 9.51. The Balaban J connectivity index is 2.25. The molecule has 0 saturated heterocycles. The first kappa shape index (κ1) is 14.5. The summed E-state index contributed by atoms with van der Waals surface area (Å²) in [5.41, 5.74) is 9.37. The van der Waals surface area contributed by atoms with E-state index in [2.05, 4.69) is 10.2 Å². The minimum Gasteiger partial charge on any atom is -0.324 e. The number of aryl methyl sites for hydroxylation is 2. The summed E-state index contributed by atoms with van der Waals surface area (Å²) in [6, 6.07) is 5.43. The molecule has 0 saturated carbocycles. The van der Waals surface area contributed by atoms with Crippen LogP contribution in [0.15, 0.2) is 24.3 Å². The van der Waals surface area contributed by atoms with Crippen LogP contribution in [-0.4, -0.2) is 10.2 Å². The van der Waals surface area contributed by atoms with Gasteiger partial charge in [-0.05, 0) is 49.1 Å². The van der Waals surface area contributed by atoms with Gasteiger partial charge in [0.25, 0.3) is 0 Å². The van der Waals surface area contributed by atoms with Crippen molar-refractivity contribution in [1.29, 1.82) is 0 Å². The van der Waals surface area contributed by atoms with Crippen LogP contribution in [-0.2, 0) is 12.8 Å². The van der Waals surface area contributed by atoms with E-state index in [0.717, 1.165) is 29.4 Å². The zero-order valence-corrected chi connectivity index (χ0v) is 11.5. The predicted octanol–water partition coefficient (Wildman–Crippen LogP) is 2.87. The Morgan fingerprint density at radius 2 is 1.90 bits per heavy atom. The van der Waals surface area contributed by atoms with E-state index < -0.39 is 11.6 Å². The molecule has 2 N–H and O–H groups in total. The minimum absolute atomic E-state index is 0.316. The molecule has 0 aliphatic rings. The first-order valence-corrected chi connectivity index (χ1v) is 6.54. The van der Waals surface area contributed by atoms with Gasteiger partial charge in [-0.15, -0.1) is 0 Å². The van der Waals surface area contributed by atoms with E-state index >= 15 is 0 Å². The Morgan fingerprint density at radius 3 is 2.55 bits per heavy atom. The summed E-state index contributed by atoms with van der Waals surface area (Å²) in [5, 5.41) is 8.14. The van der Waals surface area contributed by atoms with E-state index in [1.54, 1.807) is 6.07 Å². The van der Waals surface area contributed by atoms with Crippen LogP contribution < -0.4 is 5.73 Å². The number of hydrogen-bond donors (Lipinski definition) is 1. The van der Waals surface area contributed by atoms with E-state index in [-0.39, 0.29) is 6.04 Å². The van der Waals surface area contributed by atoms with Gasteiger partial charge in [-0.2, -0.15) is 10.2 Å². The normalized spacial score (nSPS) is 12.4. The van der Waals surface area contributed by atoms with Crippen LogP contribution in [0.1, 0.15) is 35.5 Å². The standard InChI is InChI=1S/C15H17F2N3/c1-3-15-11(6-9(2)19-20-15)14(18)8-10-4-5-12(16)13(17)7-10/h4-7,14H,3,8,18H2,1-2H3. The molecule has 0 radical (unpaired) electrons. The van der Waals surface area contributed by atoms with Crippen molar-refractivity contribution in [3.8, 4) is 0 Å². The molecule has 1 unspecified atom stereocenters. The molecule has 0 amide bonds. The maximum Gasteiger partial charge on any atom is 0.159 e. The largest absolute Gasteiger partial charge is 0.324 e. The smallest absolute Gasteiger partial charge is 0.159 e. The van der Waals surface area contributed by atoms with Gasteiger partial charge in [-0.25, -0.2) is 8.78 Å². The lowest BCUT2D eigenvalue weighted by Crippen LogP contribution is -2.17. The van der Waals surface area contributed by atoms with E-state index in [9.17, 15) is 8.78 Å². The third kappa shape index (κ3) is 3.17. The van der Waals surface area contributed by atoms with Gasteiger partial charge in [0.2, 0.25) is 0 Å². The second-order valence-corrected chi connectivity index (χ2v) is 4.80. The summed E-state index contributed by atoms with van der Waals surface area (Å²) in [6.07, 6.45) is 1.16. The van der Waals surface area contributed by atoms with Gasteiger partial charge in [0, 0.05) is 6.04 Å². The predicted molar refractivity (Wildman–Crippen MR) is 73.1 cm³/mol. The molecule has 2 rings (SSSR count). The van der Waals surface area contributed by atoms with Crippen LogP contribution in [0.25, 0.3) is 0 Å². The lowest BCUT2D eigenvalue weighted by Gasteiger charge is -2.15. The van der Waals surface area contributed by atoms with E-state index in [4.69, 9.17) is 5.73 Å². The maximum atomic E-state index is 13.2. The van der Waals surface area contributed by atoms with Crippen LogP contribution >= 0.6 is 0 Å². The van der Waals surface area contributed by atoms with Crippen molar-refractivity contribution in [2.45, 2.75) is 32.7 Å². The van der Waals surface area contributed by atoms with E-state index in [1.165, 1.54) is 6.07 Å². The molecule has 1 aromatic carbocycles. The molecule has 0 spiro atoms. The van der Waals surface area contributed by atoms with Gasteiger partial charge in [0.1, 0.15) is 0 Å². The fourth-order valence-electron chi connectivity index (χ4n) is 2.16. The second kappa shape index (κ2) is 6.05. The number of rotatable bonds is 4. The molecular weight excluding hydrogens is 260 g/mol. The van der Waals surface area contributed by atoms with Gasteiger partial charge in [0.05, 0.1) is 11.4 Å². The summed E-state index contributed by atoms with van der Waals surface area (Å²) in [7, 11) is 0. The highest BCUT2D eigenvalue weighted by molar-refractivity contribution is 5.27. The molecule has 20 heavy (non-hydrogen) atoms. The highest BCUT2D eigenvalue weighted by Crippen LogP contribution is 2.20. The molecule has 106 valence electrons. The number of benzene rings is 1. The van der Waals surface area contributed by atoms with Gasteiger partial charge < -0.3 is 5.73 Å². The SMILES string of the molecule is CCc1nnc(C)cc1C(N)Cc1ccc(F)c(F)c1. The molecule has 1 heterocycles. The molecule has 3 nitrogen and oxygen atoms in total. The van der Waals surface area contributed by atoms with E-state index in [0.29, 0.717) is 12.0 Å². The van der Waals surface area contributed by atoms with Crippen molar-refractivity contribution in [1.82, 2.24) is 10.2 Å². The number of aromatic nitrogens is 2. The van der Waals surface area contributed by atoms with Crippen molar-refractivity contribution in [2.75, 3.05) is 0 Å². The van der Waals surface area contributed by atoms with Gasteiger partial charge in [-0.3, -0.25) is 0 Å². The zero-order chi connectivity index (χ0) is 14.7. The average molecular weight is 277 g/mol. The number of nitrogens with zero attached hydrogens (tertiary/aromatic N) is 2. The Hall–Kier alpha value is -1.88. The number of hydrogen-bond acceptors (Lipinski definition) is 3. The van der Waals surface area contributed by atoms with Crippen LogP contribution in [0, 0.1) is 18.6 Å². The van der Waals surface area contributed by atoms with E-state index in [1.807, 2.05) is 19.9 Å². The fraction of sp³-hybridized carbons (Fsp3) is 0.333. The second-order valence-electron chi connectivity index (χ2n) is 4.80. The van der Waals surface area contributed by atoms with Crippen molar-refractivity contribution in [2.24, 2.45) is 5.73 Å². The molecule has 0 bridgehead atoms. The quantitative estimate of drug-likeness (QED) is 0.935. The Labute approximate surface area is 116 Å². The summed E-state index contributed by atoms with van der Waals surface area (Å²) in [5.74, 6) is -1.70. The Morgan fingerprint density at radius 1 is 1.15 bits per heavy atom. The van der Waals surface area contributed by atoms with Crippen LogP contribution in [0.3, 0.4) is 0 Å². The lowest BCUT2D eigenvalue weighted by atomic mass is 9.97. The lowest BCUT2D eigenvalue weighted by molar-refractivity contribution is 0.506. The van der Waals surface area contributed by atoms with Gasteiger partial charge in [-0.1, -0.05) is 13.0 Å². The van der Waals surface area contributed by atoms with Crippen molar-refractivity contribution in [3.05, 3.63) is 58.4 Å². The van der Waals surface area contributed by atoms with Gasteiger partial charge >= 0.3 is 0 Å². The Kier molecular flexibility index (Phi) is 4.39. The third-order valence-corrected chi connectivity index (χ3v) is 3.20. The first-order valence-electron chi connectivity index (χ1n) is 6.54. The number of halogens is 2. The monoisotopic (exact) mass is 277 g/mol. The maximum absolute atomic E-state index is 13.2. The summed E-state index contributed by atoms with van der Waals surface area (Å²) >= 11 is 0. The van der Waals surface area contributed by atoms with Crippen molar-refractivity contribution < 1.29 is 8.78 Å². The summed E-state index contributed by atoms with van der Waals surface area (Å²) in [4.78, 5) is 0. The van der Waals surface area contributed by atoms with Crippen molar-refractivity contribution in [3.63, 3.8) is 0 Å². The average Bonchev–Trinajstić information content (AvgIpc) is 2.43. The molecule has 1 aromatic heterocycles. The van der Waals surface area contributed by atoms with Gasteiger partial charge in [0.15, 0.2) is 11.6 Å². The zero-order valence-electron chi connectivity index (χ0n) is 11.5. The Bertz CT molecular complexity index is 614. The molecule has 5 heteroatoms. The van der Waals surface area contributed by atoms with Crippen molar-refractivity contribution >= 4 is 0 Å². The highest BCUT2D eigenvalue weighted by Gasteiger charge is 2.14. The third-order valence-electron chi connectivity index (χ3n) is 3.20. The molecule has 0 aliphatic carbocycles.